The van der Waals surface area contributed by atoms with E-state index in [9.17, 15) is 18.0 Å². The Hall–Kier alpha value is -3.56. The molecular weight excluding hydrogens is 665 g/mol. The van der Waals surface area contributed by atoms with E-state index >= 15 is 0 Å². The maximum atomic E-state index is 14.6. The first-order chi connectivity index (χ1) is 21.9. The van der Waals surface area contributed by atoms with Gasteiger partial charge >= 0.3 is 0 Å². The molecule has 0 aliphatic rings. The van der Waals surface area contributed by atoms with Gasteiger partial charge in [0.05, 0.1) is 20.6 Å². The number of sulfonamides is 1. The van der Waals surface area contributed by atoms with E-state index in [1.54, 1.807) is 55.5 Å². The molecule has 0 heterocycles. The SMILES string of the molecule is CC[C@H](C)NC(=O)[C@H](Cc1ccccc1)N(Cc1ccc(Cl)c(Cl)c1)C(=O)CN(c1cc(Cl)ccc1C)S(=O)(=O)c1ccccc1. The van der Waals surface area contributed by atoms with Crippen LogP contribution in [-0.2, 0) is 32.6 Å². The van der Waals surface area contributed by atoms with Crippen LogP contribution >= 0.6 is 34.8 Å². The lowest BCUT2D eigenvalue weighted by Gasteiger charge is -2.34. The fraction of sp³-hybridized carbons (Fsp3) is 0.257. The summed E-state index contributed by atoms with van der Waals surface area (Å²) in [6.45, 7) is 4.96. The largest absolute Gasteiger partial charge is 0.352 e. The normalized spacial score (nSPS) is 12.7. The zero-order chi connectivity index (χ0) is 33.4. The fourth-order valence-corrected chi connectivity index (χ4v) is 6.89. The second-order valence-corrected chi connectivity index (χ2v) is 14.2. The number of aryl methyl sites for hydroxylation is 1. The number of carbonyl (C=O) groups is 2. The molecule has 0 saturated heterocycles. The average molecular weight is 701 g/mol. The number of rotatable bonds is 13. The number of carbonyl (C=O) groups excluding carboxylic acids is 2. The molecule has 7 nitrogen and oxygen atoms in total. The van der Waals surface area contributed by atoms with Crippen molar-refractivity contribution in [2.24, 2.45) is 0 Å². The molecule has 46 heavy (non-hydrogen) atoms. The number of anilines is 1. The van der Waals surface area contributed by atoms with Gasteiger partial charge in [-0.15, -0.1) is 0 Å². The van der Waals surface area contributed by atoms with Crippen molar-refractivity contribution in [3.8, 4) is 0 Å². The predicted octanol–water partition coefficient (Wildman–Crippen LogP) is 7.71. The molecule has 1 N–H and O–H groups in total. The number of hydrogen-bond acceptors (Lipinski definition) is 4. The van der Waals surface area contributed by atoms with Gasteiger partial charge < -0.3 is 10.2 Å². The van der Waals surface area contributed by atoms with Crippen LogP contribution in [0.2, 0.25) is 15.1 Å². The Morgan fingerprint density at radius 2 is 1.48 bits per heavy atom. The molecule has 0 unspecified atom stereocenters. The van der Waals surface area contributed by atoms with Crippen molar-refractivity contribution in [2.45, 2.75) is 57.1 Å². The number of nitrogens with zero attached hydrogens (tertiary/aromatic N) is 2. The zero-order valence-electron chi connectivity index (χ0n) is 25.8. The van der Waals surface area contributed by atoms with E-state index in [0.29, 0.717) is 27.6 Å². The molecule has 0 aromatic heterocycles. The minimum atomic E-state index is -4.25. The van der Waals surface area contributed by atoms with Crippen LogP contribution in [0.4, 0.5) is 5.69 Å². The Morgan fingerprint density at radius 3 is 2.11 bits per heavy atom. The molecule has 4 rings (SSSR count). The minimum Gasteiger partial charge on any atom is -0.352 e. The summed E-state index contributed by atoms with van der Waals surface area (Å²) in [6, 6.07) is 25.9. The van der Waals surface area contributed by atoms with Gasteiger partial charge in [0.15, 0.2) is 0 Å². The number of hydrogen-bond donors (Lipinski definition) is 1. The van der Waals surface area contributed by atoms with Gasteiger partial charge in [-0.3, -0.25) is 13.9 Å². The Bertz CT molecular complexity index is 1770. The molecule has 4 aromatic rings. The monoisotopic (exact) mass is 699 g/mol. The number of benzene rings is 4. The average Bonchev–Trinajstić information content (AvgIpc) is 3.05. The van der Waals surface area contributed by atoms with Gasteiger partial charge in [0.2, 0.25) is 11.8 Å². The summed E-state index contributed by atoms with van der Waals surface area (Å²) in [6.07, 6.45) is 0.874. The summed E-state index contributed by atoms with van der Waals surface area (Å²) >= 11 is 18.9. The topological polar surface area (TPSA) is 86.8 Å². The highest BCUT2D eigenvalue weighted by molar-refractivity contribution is 7.92. The first kappa shape index (κ1) is 35.3. The van der Waals surface area contributed by atoms with E-state index in [4.69, 9.17) is 34.8 Å². The van der Waals surface area contributed by atoms with Gasteiger partial charge in [0.1, 0.15) is 12.6 Å². The predicted molar refractivity (Wildman–Crippen MR) is 186 cm³/mol. The summed E-state index contributed by atoms with van der Waals surface area (Å²) in [5.74, 6) is -0.951. The lowest BCUT2D eigenvalue weighted by atomic mass is 10.0. The molecule has 242 valence electrons. The minimum absolute atomic E-state index is 0.00792. The molecule has 11 heteroatoms. The van der Waals surface area contributed by atoms with Gasteiger partial charge in [-0.05, 0) is 73.4 Å². The van der Waals surface area contributed by atoms with Crippen LogP contribution in [0.5, 0.6) is 0 Å². The Labute approximate surface area is 286 Å². The lowest BCUT2D eigenvalue weighted by Crippen LogP contribution is -2.54. The van der Waals surface area contributed by atoms with Crippen molar-refractivity contribution in [3.63, 3.8) is 0 Å². The number of nitrogens with one attached hydrogen (secondary N) is 1. The Morgan fingerprint density at radius 1 is 0.826 bits per heavy atom. The second kappa shape index (κ2) is 15.8. The van der Waals surface area contributed by atoms with Crippen LogP contribution in [0.3, 0.4) is 0 Å². The van der Waals surface area contributed by atoms with E-state index in [1.165, 1.54) is 23.1 Å². The quantitative estimate of drug-likeness (QED) is 0.155. The zero-order valence-corrected chi connectivity index (χ0v) is 28.9. The van der Waals surface area contributed by atoms with Gasteiger partial charge in [-0.2, -0.15) is 0 Å². The van der Waals surface area contributed by atoms with Crippen molar-refractivity contribution in [3.05, 3.63) is 129 Å². The second-order valence-electron chi connectivity index (χ2n) is 11.0. The summed E-state index contributed by atoms with van der Waals surface area (Å²) in [5.41, 5.74) is 2.30. The van der Waals surface area contributed by atoms with Crippen LogP contribution in [0.1, 0.15) is 37.0 Å². The standard InChI is InChI=1S/C35H36Cl3N3O4S/c1-4-25(3)39-35(43)33(20-26-11-7-5-8-12-26)40(22-27-16-18-30(37)31(38)19-27)34(42)23-41(32-21-28(36)17-15-24(32)2)46(44,45)29-13-9-6-10-14-29/h5-19,21,25,33H,4,20,22-23H2,1-3H3,(H,39,43)/t25-,33-/m0/s1. The summed E-state index contributed by atoms with van der Waals surface area (Å²) in [4.78, 5) is 30.0. The molecule has 0 fully saturated rings. The molecule has 0 radical (unpaired) electrons. The van der Waals surface area contributed by atoms with Crippen molar-refractivity contribution in [1.29, 1.82) is 0 Å². The van der Waals surface area contributed by atoms with Crippen LogP contribution in [0, 0.1) is 6.92 Å². The lowest BCUT2D eigenvalue weighted by molar-refractivity contribution is -0.140. The number of amides is 2. The van der Waals surface area contributed by atoms with Gasteiger partial charge in [-0.25, -0.2) is 8.42 Å². The number of halogens is 3. The highest BCUT2D eigenvalue weighted by atomic mass is 35.5. The molecule has 0 aliphatic carbocycles. The smallest absolute Gasteiger partial charge is 0.264 e. The van der Waals surface area contributed by atoms with E-state index in [1.807, 2.05) is 44.2 Å². The molecule has 2 atom stereocenters. The van der Waals surface area contributed by atoms with E-state index in [0.717, 1.165) is 9.87 Å². The van der Waals surface area contributed by atoms with Gasteiger partial charge in [0.25, 0.3) is 10.0 Å². The van der Waals surface area contributed by atoms with Gasteiger partial charge in [-0.1, -0.05) is 102 Å². The highest BCUT2D eigenvalue weighted by Gasteiger charge is 2.35. The van der Waals surface area contributed by atoms with Crippen molar-refractivity contribution in [2.75, 3.05) is 10.8 Å². The van der Waals surface area contributed by atoms with E-state index in [2.05, 4.69) is 5.32 Å². The third kappa shape index (κ3) is 8.82. The van der Waals surface area contributed by atoms with Crippen molar-refractivity contribution >= 4 is 62.3 Å². The Kier molecular flexibility index (Phi) is 12.1. The van der Waals surface area contributed by atoms with Crippen LogP contribution < -0.4 is 9.62 Å². The molecular formula is C35H36Cl3N3O4S. The summed E-state index contributed by atoms with van der Waals surface area (Å²) in [7, 11) is -4.25. The molecule has 0 saturated carbocycles. The molecule has 0 aliphatic heterocycles. The van der Waals surface area contributed by atoms with E-state index in [-0.39, 0.29) is 40.5 Å². The van der Waals surface area contributed by atoms with Crippen molar-refractivity contribution < 1.29 is 18.0 Å². The molecule has 2 amide bonds. The summed E-state index contributed by atoms with van der Waals surface area (Å²) in [5, 5.41) is 3.96. The van der Waals surface area contributed by atoms with Crippen LogP contribution in [0.25, 0.3) is 0 Å². The third-order valence-electron chi connectivity index (χ3n) is 7.66. The van der Waals surface area contributed by atoms with Crippen LogP contribution in [-0.4, -0.2) is 43.8 Å². The highest BCUT2D eigenvalue weighted by Crippen LogP contribution is 2.30. The molecule has 0 bridgehead atoms. The Balaban J connectivity index is 1.85. The first-order valence-electron chi connectivity index (χ1n) is 14.8. The molecule has 4 aromatic carbocycles. The summed E-state index contributed by atoms with van der Waals surface area (Å²) < 4.78 is 29.4. The van der Waals surface area contributed by atoms with Gasteiger partial charge in [0, 0.05) is 24.0 Å². The maximum Gasteiger partial charge on any atom is 0.264 e. The molecule has 0 spiro atoms. The fourth-order valence-electron chi connectivity index (χ4n) is 4.91. The van der Waals surface area contributed by atoms with Crippen molar-refractivity contribution in [1.82, 2.24) is 10.2 Å². The maximum absolute atomic E-state index is 14.6. The first-order valence-corrected chi connectivity index (χ1v) is 17.4. The third-order valence-corrected chi connectivity index (χ3v) is 10.4. The van der Waals surface area contributed by atoms with Crippen LogP contribution in [0.15, 0.2) is 102 Å². The van der Waals surface area contributed by atoms with E-state index < -0.39 is 28.5 Å².